The van der Waals surface area contributed by atoms with Crippen LogP contribution in [0, 0.1) is 12.8 Å². The first-order valence-corrected chi connectivity index (χ1v) is 11.2. The molecular formula is C23H26F5N3O2. The van der Waals surface area contributed by atoms with Crippen LogP contribution in [0.15, 0.2) is 12.1 Å². The summed E-state index contributed by atoms with van der Waals surface area (Å²) in [6.07, 6.45) is -3.18. The molecule has 1 amide bonds. The number of fused-ring (bicyclic) bond motifs is 1. The van der Waals surface area contributed by atoms with Gasteiger partial charge in [0.15, 0.2) is 5.69 Å². The monoisotopic (exact) mass is 471 g/mol. The molecule has 180 valence electrons. The predicted molar refractivity (Wildman–Crippen MR) is 110 cm³/mol. The van der Waals surface area contributed by atoms with Gasteiger partial charge in [0.2, 0.25) is 5.92 Å². The van der Waals surface area contributed by atoms with E-state index in [1.165, 1.54) is 16.5 Å². The van der Waals surface area contributed by atoms with E-state index in [0.717, 1.165) is 0 Å². The Morgan fingerprint density at radius 1 is 1.15 bits per heavy atom. The van der Waals surface area contributed by atoms with Gasteiger partial charge in [-0.25, -0.2) is 13.8 Å². The number of hydrogen-bond acceptors (Lipinski definition) is 3. The van der Waals surface area contributed by atoms with Crippen molar-refractivity contribution in [3.8, 4) is 0 Å². The van der Waals surface area contributed by atoms with Gasteiger partial charge in [0, 0.05) is 43.0 Å². The number of imidazole rings is 1. The van der Waals surface area contributed by atoms with E-state index >= 15 is 0 Å². The first kappa shape index (κ1) is 23.6. The van der Waals surface area contributed by atoms with E-state index in [1.807, 2.05) is 0 Å². The number of aromatic nitrogens is 2. The van der Waals surface area contributed by atoms with Crippen molar-refractivity contribution in [2.45, 2.75) is 82.9 Å². The van der Waals surface area contributed by atoms with Gasteiger partial charge in [0.05, 0.1) is 5.69 Å². The van der Waals surface area contributed by atoms with Gasteiger partial charge in [-0.1, -0.05) is 0 Å². The largest absolute Gasteiger partial charge is 0.435 e. The molecule has 0 aliphatic heterocycles. The summed E-state index contributed by atoms with van der Waals surface area (Å²) in [6.45, 7) is 1.60. The highest BCUT2D eigenvalue weighted by atomic mass is 19.4. The zero-order chi connectivity index (χ0) is 24.0. The van der Waals surface area contributed by atoms with E-state index in [1.54, 1.807) is 6.92 Å². The number of alkyl halides is 5. The van der Waals surface area contributed by atoms with Gasteiger partial charge < -0.3 is 9.72 Å². The molecule has 10 heteroatoms. The Balaban J connectivity index is 1.62. The first-order valence-electron chi connectivity index (χ1n) is 11.2. The Labute approximate surface area is 187 Å². The Morgan fingerprint density at radius 3 is 2.39 bits per heavy atom. The fourth-order valence-electron chi connectivity index (χ4n) is 4.91. The number of hydrogen-bond donors (Lipinski definition) is 1. The number of Topliss-reactive ketones (excluding diaryl/α,β-unsaturated/α-hetero) is 1. The third-order valence-electron chi connectivity index (χ3n) is 6.73. The molecule has 0 spiro atoms. The molecule has 0 saturated heterocycles. The maximum Gasteiger partial charge on any atom is 0.435 e. The van der Waals surface area contributed by atoms with Gasteiger partial charge in [-0.3, -0.25) is 9.59 Å². The summed E-state index contributed by atoms with van der Waals surface area (Å²) in [5, 5.41) is 2.85. The lowest BCUT2D eigenvalue weighted by Crippen LogP contribution is -2.37. The fourth-order valence-corrected chi connectivity index (χ4v) is 4.91. The quantitative estimate of drug-likeness (QED) is 0.618. The molecule has 2 aliphatic carbocycles. The number of nitrogens with zero attached hydrogens (tertiary/aromatic N) is 2. The number of carbonyl (C=O) groups excluding carboxylic acids is 2. The lowest BCUT2D eigenvalue weighted by Gasteiger charge is -2.28. The summed E-state index contributed by atoms with van der Waals surface area (Å²) >= 11 is 0. The molecule has 2 saturated carbocycles. The van der Waals surface area contributed by atoms with Gasteiger partial charge in [-0.15, -0.1) is 0 Å². The summed E-state index contributed by atoms with van der Waals surface area (Å²) in [6, 6.07) is 2.68. The average Bonchev–Trinajstić information content (AvgIpc) is 3.10. The number of aryl methyl sites for hydroxylation is 1. The van der Waals surface area contributed by atoms with Crippen LogP contribution in [-0.4, -0.2) is 33.0 Å². The van der Waals surface area contributed by atoms with Gasteiger partial charge in [0.25, 0.3) is 5.91 Å². The number of halogens is 5. The molecule has 2 aromatic rings. The van der Waals surface area contributed by atoms with Crippen molar-refractivity contribution >= 4 is 17.3 Å². The van der Waals surface area contributed by atoms with E-state index in [2.05, 4.69) is 10.3 Å². The van der Waals surface area contributed by atoms with Crippen LogP contribution in [0.25, 0.3) is 5.65 Å². The average molecular weight is 471 g/mol. The van der Waals surface area contributed by atoms with Gasteiger partial charge >= 0.3 is 6.18 Å². The number of rotatable bonds is 4. The van der Waals surface area contributed by atoms with E-state index in [9.17, 15) is 31.5 Å². The van der Waals surface area contributed by atoms with Crippen LogP contribution >= 0.6 is 0 Å². The summed E-state index contributed by atoms with van der Waals surface area (Å²) < 4.78 is 69.8. The minimum atomic E-state index is -4.70. The summed E-state index contributed by atoms with van der Waals surface area (Å²) in [5.74, 6) is -3.31. The van der Waals surface area contributed by atoms with Crippen LogP contribution < -0.4 is 5.32 Å². The van der Waals surface area contributed by atoms with Crippen molar-refractivity contribution < 1.29 is 31.5 Å². The van der Waals surface area contributed by atoms with E-state index in [-0.39, 0.29) is 66.8 Å². The number of pyridine rings is 1. The fraction of sp³-hybridized carbons (Fsp3) is 0.609. The lowest BCUT2D eigenvalue weighted by molar-refractivity contribution is -0.141. The topological polar surface area (TPSA) is 63.5 Å². The molecule has 0 unspecified atom stereocenters. The zero-order valence-electron chi connectivity index (χ0n) is 18.3. The summed E-state index contributed by atoms with van der Waals surface area (Å²) in [7, 11) is 0. The maximum atomic E-state index is 13.8. The van der Waals surface area contributed by atoms with Crippen molar-refractivity contribution in [1.29, 1.82) is 0 Å². The molecule has 1 N–H and O–H groups in total. The number of amides is 1. The van der Waals surface area contributed by atoms with Gasteiger partial charge in [0.1, 0.15) is 11.4 Å². The molecule has 0 aromatic carbocycles. The zero-order valence-corrected chi connectivity index (χ0v) is 18.3. The number of carbonyl (C=O) groups is 2. The highest BCUT2D eigenvalue weighted by Gasteiger charge is 2.40. The van der Waals surface area contributed by atoms with Crippen LogP contribution in [0.2, 0.25) is 0 Å². The Morgan fingerprint density at radius 2 is 1.79 bits per heavy atom. The maximum absolute atomic E-state index is 13.8. The summed E-state index contributed by atoms with van der Waals surface area (Å²) in [5.41, 5.74) is -0.480. The van der Waals surface area contributed by atoms with Gasteiger partial charge in [-0.2, -0.15) is 13.2 Å². The Bertz CT molecular complexity index is 1060. The molecule has 2 heterocycles. The van der Waals surface area contributed by atoms with Crippen molar-refractivity contribution in [2.75, 3.05) is 0 Å². The van der Waals surface area contributed by atoms with Crippen LogP contribution in [0.3, 0.4) is 0 Å². The molecule has 2 fully saturated rings. The van der Waals surface area contributed by atoms with E-state index in [4.69, 9.17) is 0 Å². The van der Waals surface area contributed by atoms with Crippen LogP contribution in [0.4, 0.5) is 22.0 Å². The molecule has 0 radical (unpaired) electrons. The molecule has 4 rings (SSSR count). The van der Waals surface area contributed by atoms with Crippen molar-refractivity contribution in [3.63, 3.8) is 0 Å². The summed E-state index contributed by atoms with van der Waals surface area (Å²) in [4.78, 5) is 27.9. The van der Waals surface area contributed by atoms with E-state index < -0.39 is 23.7 Å². The van der Waals surface area contributed by atoms with Crippen molar-refractivity contribution in [1.82, 2.24) is 14.7 Å². The molecule has 2 aliphatic rings. The van der Waals surface area contributed by atoms with Crippen molar-refractivity contribution in [3.05, 3.63) is 34.8 Å². The van der Waals surface area contributed by atoms with Gasteiger partial charge in [-0.05, 0) is 57.1 Å². The predicted octanol–water partition coefficient (Wildman–Crippen LogP) is 5.27. The third-order valence-corrected chi connectivity index (χ3v) is 6.73. The SMILES string of the molecule is Cc1cc(C(=O)NC2CCC(=O)CC2)cc2nc(C(F)(F)F)c(CC3CCC(F)(F)CC3)n12. The molecular weight excluding hydrogens is 445 g/mol. The minimum absolute atomic E-state index is 0.00226. The second kappa shape index (κ2) is 8.68. The van der Waals surface area contributed by atoms with E-state index in [0.29, 0.717) is 31.4 Å². The molecule has 0 atom stereocenters. The number of ketones is 1. The Hall–Kier alpha value is -2.52. The molecule has 2 aromatic heterocycles. The van der Waals surface area contributed by atoms with Crippen molar-refractivity contribution in [2.24, 2.45) is 5.92 Å². The second-order valence-corrected chi connectivity index (χ2v) is 9.27. The molecule has 33 heavy (non-hydrogen) atoms. The number of nitrogens with one attached hydrogen (secondary N) is 1. The lowest BCUT2D eigenvalue weighted by atomic mass is 9.83. The standard InChI is InChI=1S/C23H26F5N3O2/c1-13-10-15(21(33)29-16-2-4-17(32)5-3-16)12-19-30-20(23(26,27)28)18(31(13)19)11-14-6-8-22(24,25)9-7-14/h10,12,14,16H,2-9,11H2,1H3,(H,29,33). The highest BCUT2D eigenvalue weighted by Crippen LogP contribution is 2.40. The third kappa shape index (κ3) is 5.19. The second-order valence-electron chi connectivity index (χ2n) is 9.27. The highest BCUT2D eigenvalue weighted by molar-refractivity contribution is 5.95. The normalized spacial score (nSPS) is 20.4. The Kier molecular flexibility index (Phi) is 6.22. The van der Waals surface area contributed by atoms with Crippen LogP contribution in [0.5, 0.6) is 0 Å². The van der Waals surface area contributed by atoms with Crippen LogP contribution in [0.1, 0.15) is 78.8 Å². The molecule has 5 nitrogen and oxygen atoms in total. The van der Waals surface area contributed by atoms with Crippen LogP contribution in [-0.2, 0) is 17.4 Å². The molecule has 0 bridgehead atoms. The first-order chi connectivity index (χ1) is 15.4. The smallest absolute Gasteiger partial charge is 0.349 e. The minimum Gasteiger partial charge on any atom is -0.349 e.